The van der Waals surface area contributed by atoms with E-state index in [1.165, 1.54) is 24.8 Å². The minimum Gasteiger partial charge on any atom is -0.508 e. The highest BCUT2D eigenvalue weighted by atomic mass is 35.5. The van der Waals surface area contributed by atoms with Crippen LogP contribution in [0.1, 0.15) is 37.7 Å². The Kier molecular flexibility index (Phi) is 3.01. The number of hydrogen-bond donors (Lipinski definition) is 1. The molecule has 112 valence electrons. The maximum Gasteiger partial charge on any atom is 0.125 e. The Morgan fingerprint density at radius 2 is 1.95 bits per heavy atom. The van der Waals surface area contributed by atoms with Crippen LogP contribution in [0.15, 0.2) is 29.8 Å². The lowest BCUT2D eigenvalue weighted by Crippen LogP contribution is -2.48. The van der Waals surface area contributed by atoms with Crippen LogP contribution in [-0.2, 0) is 4.74 Å². The fraction of sp³-hybridized carbons (Fsp3) is 0.556. The van der Waals surface area contributed by atoms with Gasteiger partial charge in [-0.25, -0.2) is 0 Å². The van der Waals surface area contributed by atoms with Crippen LogP contribution in [0, 0.1) is 17.8 Å². The predicted octanol–water partition coefficient (Wildman–Crippen LogP) is 4.57. The standard InChI is InChI=1S/C18H21ClO2/c1-21-17(12-3-2-4-15(20)7-12)16-13-5-11-6-14(16)10-18(19,8-11)9-13/h2-4,7,11,13-14,20H,5-6,8-10H2,1H3. The summed E-state index contributed by atoms with van der Waals surface area (Å²) in [6, 6.07) is 7.40. The number of methoxy groups -OCH3 is 1. The first-order valence-electron chi connectivity index (χ1n) is 7.84. The molecule has 2 atom stereocenters. The molecule has 1 aromatic carbocycles. The number of phenolic OH excluding ortho intramolecular Hbond substituents is 1. The second-order valence-corrected chi connectivity index (χ2v) is 7.84. The largest absolute Gasteiger partial charge is 0.508 e. The molecule has 4 aliphatic carbocycles. The van der Waals surface area contributed by atoms with E-state index in [-0.39, 0.29) is 4.87 Å². The van der Waals surface area contributed by atoms with E-state index in [2.05, 4.69) is 0 Å². The van der Waals surface area contributed by atoms with Crippen molar-refractivity contribution >= 4 is 17.4 Å². The average Bonchev–Trinajstić information content (AvgIpc) is 2.41. The summed E-state index contributed by atoms with van der Waals surface area (Å²) in [5, 5.41) is 9.75. The number of hydrogen-bond acceptors (Lipinski definition) is 2. The second-order valence-electron chi connectivity index (χ2n) is 7.03. The summed E-state index contributed by atoms with van der Waals surface area (Å²) < 4.78 is 5.78. The Bertz CT molecular complexity index is 589. The van der Waals surface area contributed by atoms with Crippen molar-refractivity contribution in [2.24, 2.45) is 17.8 Å². The van der Waals surface area contributed by atoms with Crippen LogP contribution < -0.4 is 0 Å². The zero-order valence-electron chi connectivity index (χ0n) is 12.3. The molecule has 0 spiro atoms. The van der Waals surface area contributed by atoms with E-state index in [0.29, 0.717) is 17.6 Å². The molecule has 21 heavy (non-hydrogen) atoms. The lowest BCUT2D eigenvalue weighted by atomic mass is 9.53. The van der Waals surface area contributed by atoms with Gasteiger partial charge in [-0.3, -0.25) is 0 Å². The zero-order chi connectivity index (χ0) is 14.6. The molecule has 0 heterocycles. The molecule has 0 aromatic heterocycles. The van der Waals surface area contributed by atoms with Crippen LogP contribution in [-0.4, -0.2) is 17.1 Å². The number of allylic oxidation sites excluding steroid dienone is 1. The number of rotatable bonds is 2. The van der Waals surface area contributed by atoms with E-state index in [9.17, 15) is 5.11 Å². The predicted molar refractivity (Wildman–Crippen MR) is 84.2 cm³/mol. The molecule has 0 radical (unpaired) electrons. The Hall–Kier alpha value is -1.15. The van der Waals surface area contributed by atoms with Crippen molar-refractivity contribution in [3.05, 3.63) is 35.4 Å². The summed E-state index contributed by atoms with van der Waals surface area (Å²) in [7, 11) is 1.74. The van der Waals surface area contributed by atoms with Gasteiger partial charge in [0.2, 0.25) is 0 Å². The molecule has 4 saturated carbocycles. The molecule has 4 fully saturated rings. The molecule has 0 aliphatic heterocycles. The van der Waals surface area contributed by atoms with E-state index in [4.69, 9.17) is 16.3 Å². The van der Waals surface area contributed by atoms with E-state index in [1.807, 2.05) is 12.1 Å². The first kappa shape index (κ1) is 13.5. The van der Waals surface area contributed by atoms with E-state index >= 15 is 0 Å². The Labute approximate surface area is 130 Å². The van der Waals surface area contributed by atoms with Gasteiger partial charge in [-0.05, 0) is 67.6 Å². The van der Waals surface area contributed by atoms with Gasteiger partial charge in [-0.1, -0.05) is 12.1 Å². The minimum absolute atomic E-state index is 0.0394. The topological polar surface area (TPSA) is 29.5 Å². The lowest BCUT2D eigenvalue weighted by molar-refractivity contribution is 0.0843. The molecule has 4 aliphatic rings. The third kappa shape index (κ3) is 2.15. The van der Waals surface area contributed by atoms with Crippen LogP contribution in [0.4, 0.5) is 0 Å². The lowest BCUT2D eigenvalue weighted by Gasteiger charge is -2.55. The van der Waals surface area contributed by atoms with Crippen molar-refractivity contribution in [1.29, 1.82) is 0 Å². The monoisotopic (exact) mass is 304 g/mol. The van der Waals surface area contributed by atoms with Gasteiger partial charge in [0.1, 0.15) is 11.5 Å². The Morgan fingerprint density at radius 1 is 1.24 bits per heavy atom. The van der Waals surface area contributed by atoms with Crippen LogP contribution >= 0.6 is 11.6 Å². The van der Waals surface area contributed by atoms with Gasteiger partial charge in [-0.15, -0.1) is 11.6 Å². The van der Waals surface area contributed by atoms with Gasteiger partial charge in [0.05, 0.1) is 7.11 Å². The molecular weight excluding hydrogens is 284 g/mol. The molecule has 5 rings (SSSR count). The average molecular weight is 305 g/mol. The third-order valence-electron chi connectivity index (χ3n) is 5.57. The molecule has 0 saturated heterocycles. The number of phenols is 1. The molecule has 2 nitrogen and oxygen atoms in total. The van der Waals surface area contributed by atoms with Crippen molar-refractivity contribution in [1.82, 2.24) is 0 Å². The molecule has 1 aromatic rings. The van der Waals surface area contributed by atoms with Crippen LogP contribution in [0.2, 0.25) is 0 Å². The fourth-order valence-corrected chi connectivity index (χ4v) is 5.70. The van der Waals surface area contributed by atoms with Gasteiger partial charge < -0.3 is 9.84 Å². The highest BCUT2D eigenvalue weighted by Crippen LogP contribution is 2.61. The summed E-state index contributed by atoms with van der Waals surface area (Å²) in [6.07, 6.45) is 5.88. The molecule has 0 amide bonds. The SMILES string of the molecule is COC(=C1C2CC3CC1CC(Cl)(C3)C2)c1cccc(O)c1. The van der Waals surface area contributed by atoms with Crippen molar-refractivity contribution in [2.75, 3.05) is 7.11 Å². The maximum atomic E-state index is 9.75. The number of benzene rings is 1. The van der Waals surface area contributed by atoms with E-state index in [0.717, 1.165) is 30.1 Å². The van der Waals surface area contributed by atoms with Gasteiger partial charge in [-0.2, -0.15) is 0 Å². The Balaban J connectivity index is 1.80. The van der Waals surface area contributed by atoms with Gasteiger partial charge in [0.25, 0.3) is 0 Å². The van der Waals surface area contributed by atoms with Crippen molar-refractivity contribution in [3.63, 3.8) is 0 Å². The summed E-state index contributed by atoms with van der Waals surface area (Å²) in [6.45, 7) is 0. The quantitative estimate of drug-likeness (QED) is 0.641. The number of alkyl halides is 1. The summed E-state index contributed by atoms with van der Waals surface area (Å²) in [5.74, 6) is 3.18. The molecule has 4 bridgehead atoms. The van der Waals surface area contributed by atoms with Gasteiger partial charge in [0, 0.05) is 10.4 Å². The molecule has 2 unspecified atom stereocenters. The van der Waals surface area contributed by atoms with Gasteiger partial charge >= 0.3 is 0 Å². The highest BCUT2D eigenvalue weighted by molar-refractivity contribution is 6.24. The Morgan fingerprint density at radius 3 is 2.52 bits per heavy atom. The summed E-state index contributed by atoms with van der Waals surface area (Å²) in [5.41, 5.74) is 2.44. The smallest absolute Gasteiger partial charge is 0.125 e. The van der Waals surface area contributed by atoms with Crippen molar-refractivity contribution in [3.8, 4) is 5.75 Å². The van der Waals surface area contributed by atoms with E-state index < -0.39 is 0 Å². The van der Waals surface area contributed by atoms with Crippen LogP contribution in [0.5, 0.6) is 5.75 Å². The third-order valence-corrected chi connectivity index (χ3v) is 6.03. The first-order chi connectivity index (χ1) is 10.1. The summed E-state index contributed by atoms with van der Waals surface area (Å²) in [4.78, 5) is 0.0394. The van der Waals surface area contributed by atoms with E-state index in [1.54, 1.807) is 19.2 Å². The van der Waals surface area contributed by atoms with Crippen molar-refractivity contribution in [2.45, 2.75) is 37.0 Å². The van der Waals surface area contributed by atoms with Crippen molar-refractivity contribution < 1.29 is 9.84 Å². The van der Waals surface area contributed by atoms with Gasteiger partial charge in [0.15, 0.2) is 0 Å². The number of ether oxygens (including phenoxy) is 1. The maximum absolute atomic E-state index is 9.75. The first-order valence-corrected chi connectivity index (χ1v) is 8.22. The minimum atomic E-state index is 0.0394. The second kappa shape index (κ2) is 4.67. The number of halogens is 1. The normalized spacial score (nSPS) is 36.9. The van der Waals surface area contributed by atoms with Crippen LogP contribution in [0.3, 0.4) is 0 Å². The zero-order valence-corrected chi connectivity index (χ0v) is 13.1. The summed E-state index contributed by atoms with van der Waals surface area (Å²) >= 11 is 6.81. The number of aromatic hydroxyl groups is 1. The fourth-order valence-electron chi connectivity index (χ4n) is 5.11. The van der Waals surface area contributed by atoms with Crippen LogP contribution in [0.25, 0.3) is 5.76 Å². The molecule has 1 N–H and O–H groups in total. The molecule has 3 heteroatoms. The highest BCUT2D eigenvalue weighted by Gasteiger charge is 2.53. The molecular formula is C18H21ClO2.